The second-order valence-corrected chi connectivity index (χ2v) is 4.59. The van der Waals surface area contributed by atoms with Gasteiger partial charge in [0.25, 0.3) is 0 Å². The van der Waals surface area contributed by atoms with Crippen LogP contribution in [0.2, 0.25) is 0 Å². The quantitative estimate of drug-likeness (QED) is 0.871. The van der Waals surface area contributed by atoms with Gasteiger partial charge in [-0.25, -0.2) is 13.6 Å². The summed E-state index contributed by atoms with van der Waals surface area (Å²) in [6.45, 7) is 3.55. The molecule has 0 amide bonds. The molecule has 1 aromatic heterocycles. The van der Waals surface area contributed by atoms with Crippen LogP contribution >= 0.6 is 0 Å². The van der Waals surface area contributed by atoms with Crippen LogP contribution < -0.4 is 5.32 Å². The largest absolute Gasteiger partial charge is 0.465 e. The van der Waals surface area contributed by atoms with Gasteiger partial charge in [-0.1, -0.05) is 0 Å². The number of ether oxygens (including phenoxy) is 1. The van der Waals surface area contributed by atoms with Crippen LogP contribution in [0.25, 0.3) is 0 Å². The molecule has 1 N–H and O–H groups in total. The molecule has 0 aliphatic rings. The van der Waals surface area contributed by atoms with Gasteiger partial charge in [-0.3, -0.25) is 0 Å². The lowest BCUT2D eigenvalue weighted by molar-refractivity contribution is 0.0594. The molecule has 0 saturated heterocycles. The van der Waals surface area contributed by atoms with Crippen LogP contribution in [-0.4, -0.2) is 13.1 Å². The Morgan fingerprint density at radius 3 is 2.52 bits per heavy atom. The number of anilines is 1. The third kappa shape index (κ3) is 3.04. The van der Waals surface area contributed by atoms with Crippen molar-refractivity contribution in [3.63, 3.8) is 0 Å². The summed E-state index contributed by atoms with van der Waals surface area (Å²) in [6.07, 6.45) is 0. The molecular formula is C15H15F2NO3. The second kappa shape index (κ2) is 5.95. The van der Waals surface area contributed by atoms with Gasteiger partial charge in [-0.05, 0) is 38.1 Å². The van der Waals surface area contributed by atoms with Gasteiger partial charge in [0.1, 0.15) is 11.5 Å². The maximum Gasteiger partial charge on any atom is 0.340 e. The highest BCUT2D eigenvalue weighted by Gasteiger charge is 2.20. The van der Waals surface area contributed by atoms with E-state index in [1.54, 1.807) is 26.0 Å². The summed E-state index contributed by atoms with van der Waals surface area (Å²) >= 11 is 0. The normalized spacial score (nSPS) is 12.0. The fourth-order valence-corrected chi connectivity index (χ4v) is 1.92. The fraction of sp³-hybridized carbons (Fsp3) is 0.267. The van der Waals surface area contributed by atoms with Gasteiger partial charge in [-0.15, -0.1) is 0 Å². The van der Waals surface area contributed by atoms with Gasteiger partial charge in [-0.2, -0.15) is 0 Å². The molecule has 1 aromatic carbocycles. The summed E-state index contributed by atoms with van der Waals surface area (Å²) in [6, 6.07) is 5.65. The number of furan rings is 1. The first-order chi connectivity index (χ1) is 9.93. The summed E-state index contributed by atoms with van der Waals surface area (Å²) < 4.78 is 37.6. The number of carbonyl (C=O) groups is 1. The van der Waals surface area contributed by atoms with E-state index in [2.05, 4.69) is 10.1 Å². The number of methoxy groups -OCH3 is 1. The average molecular weight is 295 g/mol. The Morgan fingerprint density at radius 1 is 1.24 bits per heavy atom. The Kier molecular flexibility index (Phi) is 4.26. The zero-order valence-corrected chi connectivity index (χ0v) is 11.9. The fourth-order valence-electron chi connectivity index (χ4n) is 1.92. The van der Waals surface area contributed by atoms with Crippen molar-refractivity contribution >= 4 is 11.7 Å². The highest BCUT2D eigenvalue weighted by atomic mass is 19.2. The minimum atomic E-state index is -1.24. The lowest BCUT2D eigenvalue weighted by Crippen LogP contribution is -2.11. The number of carbonyl (C=O) groups excluding carboxylic acids is 1. The number of benzene rings is 1. The number of esters is 1. The summed E-state index contributed by atoms with van der Waals surface area (Å²) in [5.41, 5.74) is -0.497. The van der Waals surface area contributed by atoms with Crippen LogP contribution in [0.4, 0.5) is 14.5 Å². The molecule has 0 aliphatic carbocycles. The predicted molar refractivity (Wildman–Crippen MR) is 73.2 cm³/mol. The van der Waals surface area contributed by atoms with Gasteiger partial charge >= 0.3 is 5.97 Å². The van der Waals surface area contributed by atoms with Gasteiger partial charge < -0.3 is 14.5 Å². The Bertz CT molecular complexity index is 667. The summed E-state index contributed by atoms with van der Waals surface area (Å²) in [5.74, 6) is -1.97. The van der Waals surface area contributed by atoms with Crippen molar-refractivity contribution in [3.05, 3.63) is 53.0 Å². The number of rotatable bonds is 4. The monoisotopic (exact) mass is 295 g/mol. The van der Waals surface area contributed by atoms with Crippen molar-refractivity contribution in [1.29, 1.82) is 0 Å². The number of halogens is 2. The molecule has 2 rings (SSSR count). The third-order valence-corrected chi connectivity index (χ3v) is 3.05. The average Bonchev–Trinajstić information content (AvgIpc) is 2.90. The number of hydrogen-bond donors (Lipinski definition) is 1. The van der Waals surface area contributed by atoms with Crippen molar-refractivity contribution in [3.8, 4) is 0 Å². The van der Waals surface area contributed by atoms with Gasteiger partial charge in [0.05, 0.1) is 24.4 Å². The van der Waals surface area contributed by atoms with Gasteiger partial charge in [0, 0.05) is 0 Å². The minimum Gasteiger partial charge on any atom is -0.465 e. The van der Waals surface area contributed by atoms with E-state index in [0.717, 1.165) is 12.9 Å². The third-order valence-electron chi connectivity index (χ3n) is 3.05. The lowest BCUT2D eigenvalue weighted by Gasteiger charge is -2.14. The van der Waals surface area contributed by atoms with E-state index in [9.17, 15) is 13.6 Å². The Hall–Kier alpha value is -2.37. The van der Waals surface area contributed by atoms with Crippen LogP contribution in [0.5, 0.6) is 0 Å². The number of aryl methyl sites for hydroxylation is 1. The van der Waals surface area contributed by atoms with Crippen LogP contribution in [0.1, 0.15) is 34.8 Å². The molecule has 2 aromatic rings. The highest BCUT2D eigenvalue weighted by molar-refractivity contribution is 5.90. The molecule has 0 radical (unpaired) electrons. The molecule has 112 valence electrons. The van der Waals surface area contributed by atoms with Crippen LogP contribution in [0.3, 0.4) is 0 Å². The summed E-state index contributed by atoms with van der Waals surface area (Å²) in [5, 5.41) is 2.80. The standard InChI is InChI=1S/C15H15F2NO3/c1-8-4-7-12(21-8)9(2)18-11-6-5-10(15(19)20-3)13(16)14(11)17/h4-7,9,18H,1-3H3. The van der Waals surface area contributed by atoms with E-state index in [1.807, 2.05) is 0 Å². The van der Waals surface area contributed by atoms with E-state index in [-0.39, 0.29) is 11.7 Å². The molecule has 1 heterocycles. The first kappa shape index (κ1) is 15.0. The molecule has 0 bridgehead atoms. The summed E-state index contributed by atoms with van der Waals surface area (Å²) in [7, 11) is 1.10. The predicted octanol–water partition coefficient (Wildman–Crippen LogP) is 3.83. The molecule has 21 heavy (non-hydrogen) atoms. The number of nitrogens with one attached hydrogen (secondary N) is 1. The van der Waals surface area contributed by atoms with Crippen LogP contribution in [0, 0.1) is 18.6 Å². The SMILES string of the molecule is COC(=O)c1ccc(NC(C)c2ccc(C)o2)c(F)c1F. The second-order valence-electron chi connectivity index (χ2n) is 4.59. The molecular weight excluding hydrogens is 280 g/mol. The van der Waals surface area contributed by atoms with E-state index >= 15 is 0 Å². The van der Waals surface area contributed by atoms with Crippen molar-refractivity contribution in [1.82, 2.24) is 0 Å². The first-order valence-corrected chi connectivity index (χ1v) is 6.33. The van der Waals surface area contributed by atoms with Gasteiger partial charge in [0.15, 0.2) is 11.6 Å². The van der Waals surface area contributed by atoms with E-state index in [0.29, 0.717) is 5.76 Å². The topological polar surface area (TPSA) is 51.5 Å². The zero-order valence-electron chi connectivity index (χ0n) is 11.9. The lowest BCUT2D eigenvalue weighted by atomic mass is 10.1. The van der Waals surface area contributed by atoms with Crippen molar-refractivity contribution in [2.45, 2.75) is 19.9 Å². The maximum absolute atomic E-state index is 14.0. The Labute approximate surface area is 120 Å². The maximum atomic E-state index is 14.0. The minimum absolute atomic E-state index is 0.0540. The molecule has 4 nitrogen and oxygen atoms in total. The molecule has 0 aliphatic heterocycles. The number of hydrogen-bond acceptors (Lipinski definition) is 4. The van der Waals surface area contributed by atoms with E-state index < -0.39 is 23.2 Å². The molecule has 0 fully saturated rings. The Morgan fingerprint density at radius 2 is 1.95 bits per heavy atom. The molecule has 0 saturated carbocycles. The van der Waals surface area contributed by atoms with E-state index in [4.69, 9.17) is 4.42 Å². The highest BCUT2D eigenvalue weighted by Crippen LogP contribution is 2.26. The summed E-state index contributed by atoms with van der Waals surface area (Å²) in [4.78, 5) is 11.3. The van der Waals surface area contributed by atoms with Gasteiger partial charge in [0.2, 0.25) is 0 Å². The van der Waals surface area contributed by atoms with Crippen LogP contribution in [0.15, 0.2) is 28.7 Å². The molecule has 6 heteroatoms. The van der Waals surface area contributed by atoms with Crippen molar-refractivity contribution < 1.29 is 22.7 Å². The van der Waals surface area contributed by atoms with Crippen molar-refractivity contribution in [2.24, 2.45) is 0 Å². The Balaban J connectivity index is 2.25. The smallest absolute Gasteiger partial charge is 0.340 e. The molecule has 0 spiro atoms. The molecule has 1 atom stereocenters. The van der Waals surface area contributed by atoms with E-state index in [1.165, 1.54) is 12.1 Å². The first-order valence-electron chi connectivity index (χ1n) is 6.33. The van der Waals surface area contributed by atoms with Crippen molar-refractivity contribution in [2.75, 3.05) is 12.4 Å². The zero-order chi connectivity index (χ0) is 15.6. The molecule has 1 unspecified atom stereocenters. The van der Waals surface area contributed by atoms with Crippen LogP contribution in [-0.2, 0) is 4.74 Å².